The first-order valence-corrected chi connectivity index (χ1v) is 10.6. The molecule has 0 saturated heterocycles. The molecule has 5 nitrogen and oxygen atoms in total. The predicted molar refractivity (Wildman–Crippen MR) is 120 cm³/mol. The maximum atomic E-state index is 13.2. The number of nitrogens with zero attached hydrogens (tertiary/aromatic N) is 1. The standard InChI is InChI=1S/C26H26N2O3/c1-2-31-22-14-12-19(13-15-22)16-17-27-25(29)24(20-8-4-3-5-9-20)28-18-21-10-6-7-11-23(21)26(28)30/h3-15,24H,2,16-18H2,1H3,(H,27,29)/t24-/m1/s1. The second-order valence-electron chi connectivity index (χ2n) is 7.52. The third-order valence-electron chi connectivity index (χ3n) is 5.47. The average Bonchev–Trinajstić information content (AvgIpc) is 3.12. The topological polar surface area (TPSA) is 58.6 Å². The number of fused-ring (bicyclic) bond motifs is 1. The van der Waals surface area contributed by atoms with Gasteiger partial charge in [0.05, 0.1) is 6.61 Å². The molecule has 0 fully saturated rings. The highest BCUT2D eigenvalue weighted by atomic mass is 16.5. The van der Waals surface area contributed by atoms with E-state index in [9.17, 15) is 9.59 Å². The molecular weight excluding hydrogens is 388 g/mol. The van der Waals surface area contributed by atoms with Crippen LogP contribution in [0, 0.1) is 0 Å². The zero-order chi connectivity index (χ0) is 21.6. The van der Waals surface area contributed by atoms with Crippen LogP contribution in [0.1, 0.15) is 40.0 Å². The van der Waals surface area contributed by atoms with Gasteiger partial charge in [0.1, 0.15) is 11.8 Å². The van der Waals surface area contributed by atoms with Crippen molar-refractivity contribution in [3.63, 3.8) is 0 Å². The van der Waals surface area contributed by atoms with Gasteiger partial charge in [-0.15, -0.1) is 0 Å². The molecule has 5 heteroatoms. The van der Waals surface area contributed by atoms with Gasteiger partial charge >= 0.3 is 0 Å². The van der Waals surface area contributed by atoms with Crippen molar-refractivity contribution in [2.45, 2.75) is 25.9 Å². The van der Waals surface area contributed by atoms with E-state index in [-0.39, 0.29) is 11.8 Å². The van der Waals surface area contributed by atoms with Crippen LogP contribution in [-0.4, -0.2) is 29.9 Å². The van der Waals surface area contributed by atoms with E-state index >= 15 is 0 Å². The Bertz CT molecular complexity index is 1050. The van der Waals surface area contributed by atoms with Crippen molar-refractivity contribution in [2.75, 3.05) is 13.2 Å². The number of nitrogens with one attached hydrogen (secondary N) is 1. The second kappa shape index (κ2) is 9.47. The molecule has 4 rings (SSSR count). The molecule has 0 aromatic heterocycles. The summed E-state index contributed by atoms with van der Waals surface area (Å²) in [5.41, 5.74) is 3.55. The quantitative estimate of drug-likeness (QED) is 0.603. The molecule has 3 aromatic carbocycles. The Balaban J connectivity index is 1.46. The summed E-state index contributed by atoms with van der Waals surface area (Å²) in [5.74, 6) is 0.566. The summed E-state index contributed by atoms with van der Waals surface area (Å²) in [4.78, 5) is 27.9. The number of carbonyl (C=O) groups excluding carboxylic acids is 2. The van der Waals surface area contributed by atoms with E-state index in [4.69, 9.17) is 4.74 Å². The monoisotopic (exact) mass is 414 g/mol. The first-order chi connectivity index (χ1) is 15.2. The molecule has 2 amide bonds. The van der Waals surface area contributed by atoms with E-state index in [0.717, 1.165) is 22.4 Å². The molecule has 0 unspecified atom stereocenters. The van der Waals surface area contributed by atoms with Gasteiger partial charge < -0.3 is 15.0 Å². The molecule has 1 N–H and O–H groups in total. The molecule has 1 aliphatic heterocycles. The molecular formula is C26H26N2O3. The van der Waals surface area contributed by atoms with Crippen LogP contribution in [0.15, 0.2) is 78.9 Å². The molecule has 31 heavy (non-hydrogen) atoms. The van der Waals surface area contributed by atoms with Crippen LogP contribution in [0.5, 0.6) is 5.75 Å². The molecule has 0 saturated carbocycles. The summed E-state index contributed by atoms with van der Waals surface area (Å²) in [6, 6.07) is 24.3. The van der Waals surface area contributed by atoms with E-state index in [0.29, 0.717) is 31.7 Å². The third-order valence-corrected chi connectivity index (χ3v) is 5.47. The van der Waals surface area contributed by atoms with Gasteiger partial charge in [0.15, 0.2) is 0 Å². The lowest BCUT2D eigenvalue weighted by molar-refractivity contribution is -0.125. The van der Waals surface area contributed by atoms with Crippen molar-refractivity contribution in [1.29, 1.82) is 0 Å². The number of amides is 2. The minimum Gasteiger partial charge on any atom is -0.494 e. The van der Waals surface area contributed by atoms with E-state index in [1.54, 1.807) is 4.90 Å². The molecule has 158 valence electrons. The van der Waals surface area contributed by atoms with Crippen molar-refractivity contribution < 1.29 is 14.3 Å². The van der Waals surface area contributed by atoms with Crippen LogP contribution >= 0.6 is 0 Å². The highest BCUT2D eigenvalue weighted by Crippen LogP contribution is 2.31. The summed E-state index contributed by atoms with van der Waals surface area (Å²) >= 11 is 0. The summed E-state index contributed by atoms with van der Waals surface area (Å²) in [7, 11) is 0. The number of hydrogen-bond donors (Lipinski definition) is 1. The smallest absolute Gasteiger partial charge is 0.255 e. The Morgan fingerprint density at radius 3 is 2.42 bits per heavy atom. The summed E-state index contributed by atoms with van der Waals surface area (Å²) in [5, 5.41) is 3.03. The molecule has 1 heterocycles. The Labute approximate surface area is 182 Å². The van der Waals surface area contributed by atoms with Crippen LogP contribution in [0.25, 0.3) is 0 Å². The molecule has 0 spiro atoms. The molecule has 3 aromatic rings. The fourth-order valence-electron chi connectivity index (χ4n) is 3.94. The fourth-order valence-corrected chi connectivity index (χ4v) is 3.94. The highest BCUT2D eigenvalue weighted by Gasteiger charge is 2.36. The van der Waals surface area contributed by atoms with Crippen LogP contribution in [0.4, 0.5) is 0 Å². The number of benzene rings is 3. The lowest BCUT2D eigenvalue weighted by Crippen LogP contribution is -2.41. The Hall–Kier alpha value is -3.60. The van der Waals surface area contributed by atoms with Crippen molar-refractivity contribution in [2.24, 2.45) is 0 Å². The first kappa shape index (κ1) is 20.7. The van der Waals surface area contributed by atoms with Gasteiger partial charge in [0.25, 0.3) is 5.91 Å². The molecule has 0 bridgehead atoms. The number of ether oxygens (including phenoxy) is 1. The number of hydrogen-bond acceptors (Lipinski definition) is 3. The van der Waals surface area contributed by atoms with Gasteiger partial charge in [0, 0.05) is 18.7 Å². The SMILES string of the molecule is CCOc1ccc(CCNC(=O)[C@@H](c2ccccc2)N2Cc3ccccc3C2=O)cc1. The van der Waals surface area contributed by atoms with Crippen LogP contribution < -0.4 is 10.1 Å². The Morgan fingerprint density at radius 1 is 1.00 bits per heavy atom. The van der Waals surface area contributed by atoms with Crippen molar-refractivity contribution in [1.82, 2.24) is 10.2 Å². The van der Waals surface area contributed by atoms with E-state index < -0.39 is 6.04 Å². The molecule has 1 aliphatic rings. The van der Waals surface area contributed by atoms with Gasteiger partial charge in [-0.1, -0.05) is 60.7 Å². The summed E-state index contributed by atoms with van der Waals surface area (Å²) in [6.07, 6.45) is 0.702. The van der Waals surface area contributed by atoms with Gasteiger partial charge in [-0.25, -0.2) is 0 Å². The van der Waals surface area contributed by atoms with E-state index in [1.807, 2.05) is 85.8 Å². The second-order valence-corrected chi connectivity index (χ2v) is 7.52. The lowest BCUT2D eigenvalue weighted by Gasteiger charge is -2.27. The van der Waals surface area contributed by atoms with Crippen molar-refractivity contribution >= 4 is 11.8 Å². The summed E-state index contributed by atoms with van der Waals surface area (Å²) < 4.78 is 5.47. The van der Waals surface area contributed by atoms with Crippen molar-refractivity contribution in [3.05, 3.63) is 101 Å². The predicted octanol–water partition coefficient (Wildman–Crippen LogP) is 4.14. The molecule has 0 aliphatic carbocycles. The van der Waals surface area contributed by atoms with Crippen LogP contribution in [0.2, 0.25) is 0 Å². The number of carbonyl (C=O) groups is 2. The average molecular weight is 415 g/mol. The van der Waals surface area contributed by atoms with Gasteiger partial charge in [-0.05, 0) is 48.2 Å². The normalized spacial score (nSPS) is 13.6. The third kappa shape index (κ3) is 4.61. The van der Waals surface area contributed by atoms with Gasteiger partial charge in [-0.2, -0.15) is 0 Å². The molecule has 0 radical (unpaired) electrons. The highest BCUT2D eigenvalue weighted by molar-refractivity contribution is 6.01. The minimum absolute atomic E-state index is 0.105. The van der Waals surface area contributed by atoms with E-state index in [1.165, 1.54) is 0 Å². The fraction of sp³-hybridized carbons (Fsp3) is 0.231. The maximum Gasteiger partial charge on any atom is 0.255 e. The zero-order valence-electron chi connectivity index (χ0n) is 17.6. The van der Waals surface area contributed by atoms with Crippen molar-refractivity contribution in [3.8, 4) is 5.75 Å². The maximum absolute atomic E-state index is 13.2. The number of rotatable bonds is 8. The summed E-state index contributed by atoms with van der Waals surface area (Å²) in [6.45, 7) is 3.51. The molecule has 1 atom stereocenters. The zero-order valence-corrected chi connectivity index (χ0v) is 17.6. The Morgan fingerprint density at radius 2 is 1.71 bits per heavy atom. The van der Waals surface area contributed by atoms with E-state index in [2.05, 4.69) is 5.32 Å². The van der Waals surface area contributed by atoms with Gasteiger partial charge in [0.2, 0.25) is 5.91 Å². The Kier molecular flexibility index (Phi) is 6.32. The lowest BCUT2D eigenvalue weighted by atomic mass is 10.0. The van der Waals surface area contributed by atoms with Gasteiger partial charge in [-0.3, -0.25) is 9.59 Å². The largest absolute Gasteiger partial charge is 0.494 e. The van der Waals surface area contributed by atoms with Crippen LogP contribution in [-0.2, 0) is 17.8 Å². The first-order valence-electron chi connectivity index (χ1n) is 10.6. The minimum atomic E-state index is -0.665. The van der Waals surface area contributed by atoms with Crippen LogP contribution in [0.3, 0.4) is 0 Å².